The Morgan fingerprint density at radius 3 is 2.43 bits per heavy atom. The Balaban J connectivity index is 2.08. The fraction of sp³-hybridized carbons (Fsp3) is 0.188. The number of hydrogen-bond donors (Lipinski definition) is 1. The lowest BCUT2D eigenvalue weighted by Crippen LogP contribution is -2.15. The highest BCUT2D eigenvalue weighted by Gasteiger charge is 2.24. The van der Waals surface area contributed by atoms with Crippen LogP contribution in [0, 0.1) is 13.8 Å². The predicted molar refractivity (Wildman–Crippen MR) is 93.2 cm³/mol. The number of thiophene rings is 1. The SMILES string of the molecule is Cc1cccc(C)c1NS(=O)(=O)c1cn(C)nc1-c1cccs1. The largest absolute Gasteiger partial charge is 0.279 e. The van der Waals surface area contributed by atoms with Crippen molar-refractivity contribution in [2.45, 2.75) is 18.7 Å². The smallest absolute Gasteiger partial charge is 0.265 e. The van der Waals surface area contributed by atoms with Gasteiger partial charge in [-0.15, -0.1) is 11.3 Å². The van der Waals surface area contributed by atoms with Crippen molar-refractivity contribution in [1.82, 2.24) is 9.78 Å². The molecule has 0 atom stereocenters. The van der Waals surface area contributed by atoms with E-state index in [4.69, 9.17) is 0 Å². The first-order valence-corrected chi connectivity index (χ1v) is 9.41. The van der Waals surface area contributed by atoms with Gasteiger partial charge in [0.25, 0.3) is 10.0 Å². The Labute approximate surface area is 139 Å². The van der Waals surface area contributed by atoms with Crippen molar-refractivity contribution in [3.05, 3.63) is 53.0 Å². The Morgan fingerprint density at radius 1 is 1.13 bits per heavy atom. The molecule has 2 aromatic heterocycles. The molecular weight excluding hydrogens is 330 g/mol. The fourth-order valence-corrected chi connectivity index (χ4v) is 4.60. The Hall–Kier alpha value is -2.12. The van der Waals surface area contributed by atoms with E-state index >= 15 is 0 Å². The summed E-state index contributed by atoms with van der Waals surface area (Å²) in [5.41, 5.74) is 2.86. The summed E-state index contributed by atoms with van der Waals surface area (Å²) >= 11 is 1.46. The van der Waals surface area contributed by atoms with Gasteiger partial charge in [0.1, 0.15) is 10.6 Å². The van der Waals surface area contributed by atoms with E-state index in [0.29, 0.717) is 11.4 Å². The van der Waals surface area contributed by atoms with Crippen molar-refractivity contribution < 1.29 is 8.42 Å². The fourth-order valence-electron chi connectivity index (χ4n) is 2.41. The summed E-state index contributed by atoms with van der Waals surface area (Å²) < 4.78 is 30.0. The van der Waals surface area contributed by atoms with Gasteiger partial charge in [0.05, 0.1) is 10.6 Å². The summed E-state index contributed by atoms with van der Waals surface area (Å²) in [4.78, 5) is 1.01. The molecular formula is C16H17N3O2S2. The Bertz CT molecular complexity index is 922. The summed E-state index contributed by atoms with van der Waals surface area (Å²) in [6.07, 6.45) is 1.53. The first-order chi connectivity index (χ1) is 10.9. The lowest BCUT2D eigenvalue weighted by atomic mass is 10.1. The van der Waals surface area contributed by atoms with Gasteiger partial charge in [-0.3, -0.25) is 9.40 Å². The van der Waals surface area contributed by atoms with Crippen LogP contribution in [0.1, 0.15) is 11.1 Å². The molecule has 0 amide bonds. The van der Waals surface area contributed by atoms with Crippen LogP contribution in [0.4, 0.5) is 5.69 Å². The van der Waals surface area contributed by atoms with Gasteiger partial charge in [-0.05, 0) is 36.4 Å². The lowest BCUT2D eigenvalue weighted by Gasteiger charge is -2.12. The van der Waals surface area contributed by atoms with E-state index in [0.717, 1.165) is 16.0 Å². The minimum atomic E-state index is -3.72. The second-order valence-corrected chi connectivity index (χ2v) is 7.96. The summed E-state index contributed by atoms with van der Waals surface area (Å²) in [5.74, 6) is 0. The van der Waals surface area contributed by atoms with E-state index in [9.17, 15) is 8.42 Å². The predicted octanol–water partition coefficient (Wildman–Crippen LogP) is 3.57. The average Bonchev–Trinajstić information content (AvgIpc) is 3.12. The van der Waals surface area contributed by atoms with Gasteiger partial charge in [-0.1, -0.05) is 24.3 Å². The van der Waals surface area contributed by atoms with Crippen LogP contribution in [0.2, 0.25) is 0 Å². The standard InChI is InChI=1S/C16H17N3O2S2/c1-11-6-4-7-12(2)15(11)18-23(20,21)14-10-19(3)17-16(14)13-8-5-9-22-13/h4-10,18H,1-3H3. The topological polar surface area (TPSA) is 64.0 Å². The number of rotatable bonds is 4. The summed E-state index contributed by atoms with van der Waals surface area (Å²) in [6.45, 7) is 3.77. The van der Waals surface area contributed by atoms with Crippen LogP contribution < -0.4 is 4.72 Å². The zero-order valence-corrected chi connectivity index (χ0v) is 14.7. The van der Waals surface area contributed by atoms with Gasteiger partial charge in [0, 0.05) is 13.2 Å². The monoisotopic (exact) mass is 347 g/mol. The Morgan fingerprint density at radius 2 is 1.83 bits per heavy atom. The third kappa shape index (κ3) is 3.02. The zero-order chi connectivity index (χ0) is 16.6. The molecule has 3 aromatic rings. The second-order valence-electron chi connectivity index (χ2n) is 5.37. The number of hydrogen-bond acceptors (Lipinski definition) is 4. The third-order valence-electron chi connectivity index (χ3n) is 3.56. The summed E-state index contributed by atoms with van der Waals surface area (Å²) in [7, 11) is -2.00. The van der Waals surface area contributed by atoms with Gasteiger partial charge in [0.2, 0.25) is 0 Å². The molecule has 7 heteroatoms. The van der Waals surface area contributed by atoms with E-state index in [1.807, 2.05) is 49.6 Å². The molecule has 0 saturated heterocycles. The minimum absolute atomic E-state index is 0.185. The van der Waals surface area contributed by atoms with Gasteiger partial charge in [-0.2, -0.15) is 5.10 Å². The van der Waals surface area contributed by atoms with Crippen LogP contribution in [0.25, 0.3) is 10.6 Å². The van der Waals surface area contributed by atoms with Gasteiger partial charge < -0.3 is 0 Å². The molecule has 1 aromatic carbocycles. The number of anilines is 1. The number of para-hydroxylation sites is 1. The highest BCUT2D eigenvalue weighted by atomic mass is 32.2. The Kier molecular flexibility index (Phi) is 3.99. The summed E-state index contributed by atoms with van der Waals surface area (Å²) in [5, 5.41) is 6.22. The van der Waals surface area contributed by atoms with Crippen LogP contribution in [0.15, 0.2) is 46.8 Å². The quantitative estimate of drug-likeness (QED) is 0.785. The van der Waals surface area contributed by atoms with Crippen LogP contribution in [0.5, 0.6) is 0 Å². The van der Waals surface area contributed by atoms with Crippen LogP contribution >= 0.6 is 11.3 Å². The normalized spacial score (nSPS) is 11.6. The molecule has 0 aliphatic heterocycles. The molecule has 0 fully saturated rings. The van der Waals surface area contributed by atoms with E-state index in [1.165, 1.54) is 22.2 Å². The molecule has 2 heterocycles. The molecule has 0 saturated carbocycles. The third-order valence-corrected chi connectivity index (χ3v) is 5.78. The van der Waals surface area contributed by atoms with E-state index < -0.39 is 10.0 Å². The number of aromatic nitrogens is 2. The molecule has 120 valence electrons. The average molecular weight is 347 g/mol. The molecule has 0 bridgehead atoms. The molecule has 0 aliphatic rings. The van der Waals surface area contributed by atoms with Gasteiger partial charge >= 0.3 is 0 Å². The summed E-state index contributed by atoms with van der Waals surface area (Å²) in [6, 6.07) is 9.42. The number of benzene rings is 1. The first-order valence-electron chi connectivity index (χ1n) is 7.05. The molecule has 5 nitrogen and oxygen atoms in total. The van der Waals surface area contributed by atoms with Crippen molar-refractivity contribution in [2.24, 2.45) is 7.05 Å². The van der Waals surface area contributed by atoms with Crippen molar-refractivity contribution in [3.63, 3.8) is 0 Å². The van der Waals surface area contributed by atoms with Crippen LogP contribution in [0.3, 0.4) is 0 Å². The highest BCUT2D eigenvalue weighted by molar-refractivity contribution is 7.92. The van der Waals surface area contributed by atoms with Crippen molar-refractivity contribution in [1.29, 1.82) is 0 Å². The molecule has 3 rings (SSSR count). The maximum absolute atomic E-state index is 12.9. The van der Waals surface area contributed by atoms with Gasteiger partial charge in [-0.25, -0.2) is 8.42 Å². The van der Waals surface area contributed by atoms with Crippen molar-refractivity contribution in [3.8, 4) is 10.6 Å². The number of aryl methyl sites for hydroxylation is 3. The van der Waals surface area contributed by atoms with Crippen LogP contribution in [-0.2, 0) is 17.1 Å². The highest BCUT2D eigenvalue weighted by Crippen LogP contribution is 2.31. The molecule has 1 N–H and O–H groups in total. The van der Waals surface area contributed by atoms with Crippen molar-refractivity contribution >= 4 is 27.0 Å². The van der Waals surface area contributed by atoms with Gasteiger partial charge in [0.15, 0.2) is 0 Å². The maximum atomic E-state index is 12.9. The molecule has 0 aliphatic carbocycles. The number of sulfonamides is 1. The minimum Gasteiger partial charge on any atom is -0.279 e. The van der Waals surface area contributed by atoms with E-state index in [-0.39, 0.29) is 4.90 Å². The van der Waals surface area contributed by atoms with E-state index in [1.54, 1.807) is 7.05 Å². The number of nitrogens with zero attached hydrogens (tertiary/aromatic N) is 2. The molecule has 0 radical (unpaired) electrons. The van der Waals surface area contributed by atoms with E-state index in [2.05, 4.69) is 9.82 Å². The molecule has 0 spiro atoms. The first kappa shape index (κ1) is 15.8. The molecule has 0 unspecified atom stereocenters. The van der Waals surface area contributed by atoms with Crippen molar-refractivity contribution in [2.75, 3.05) is 4.72 Å². The lowest BCUT2D eigenvalue weighted by molar-refractivity contribution is 0.601. The molecule has 23 heavy (non-hydrogen) atoms. The maximum Gasteiger partial charge on any atom is 0.265 e. The number of nitrogens with one attached hydrogen (secondary N) is 1. The zero-order valence-electron chi connectivity index (χ0n) is 13.1. The second kappa shape index (κ2) is 5.82. The van der Waals surface area contributed by atoms with Crippen LogP contribution in [-0.4, -0.2) is 18.2 Å².